The van der Waals surface area contributed by atoms with Crippen molar-refractivity contribution in [2.24, 2.45) is 5.92 Å². The molecule has 2 aliphatic rings. The highest BCUT2D eigenvalue weighted by molar-refractivity contribution is 5.70. The highest BCUT2D eigenvalue weighted by Crippen LogP contribution is 2.49. The van der Waals surface area contributed by atoms with Gasteiger partial charge < -0.3 is 9.64 Å². The molecule has 0 N–H and O–H groups in total. The number of likely N-dealkylation sites (tertiary alicyclic amines) is 1. The highest BCUT2D eigenvalue weighted by atomic mass is 16.6. The number of piperidine rings is 1. The maximum Gasteiger partial charge on any atom is 0.410 e. The molecular formula is C25H31NO2. The molecule has 2 bridgehead atoms. The van der Waals surface area contributed by atoms with Gasteiger partial charge in [0.15, 0.2) is 0 Å². The van der Waals surface area contributed by atoms with Gasteiger partial charge in [-0.2, -0.15) is 0 Å². The van der Waals surface area contributed by atoms with E-state index in [1.165, 1.54) is 22.3 Å². The molecule has 2 aromatic rings. The minimum Gasteiger partial charge on any atom is -0.444 e. The molecule has 1 unspecified atom stereocenters. The predicted molar refractivity (Wildman–Crippen MR) is 113 cm³/mol. The van der Waals surface area contributed by atoms with Crippen LogP contribution in [0.1, 0.15) is 52.2 Å². The normalized spacial score (nSPS) is 26.5. The molecule has 1 fully saturated rings. The van der Waals surface area contributed by atoms with Crippen LogP contribution in [-0.2, 0) is 16.6 Å². The van der Waals surface area contributed by atoms with Gasteiger partial charge in [-0.25, -0.2) is 4.79 Å². The number of benzene rings is 2. The van der Waals surface area contributed by atoms with Gasteiger partial charge >= 0.3 is 6.09 Å². The van der Waals surface area contributed by atoms with Crippen molar-refractivity contribution in [1.29, 1.82) is 0 Å². The molecule has 3 atom stereocenters. The maximum atomic E-state index is 12.8. The van der Waals surface area contributed by atoms with E-state index in [0.717, 1.165) is 19.4 Å². The summed E-state index contributed by atoms with van der Waals surface area (Å²) < 4.78 is 5.70. The fourth-order valence-corrected chi connectivity index (χ4v) is 4.98. The molecule has 1 aliphatic heterocycles. The Bertz CT molecular complexity index is 883. The van der Waals surface area contributed by atoms with Gasteiger partial charge in [0.05, 0.1) is 0 Å². The number of amides is 1. The fourth-order valence-electron chi connectivity index (χ4n) is 4.98. The Hall–Kier alpha value is -2.29. The second kappa shape index (κ2) is 6.65. The van der Waals surface area contributed by atoms with Crippen LogP contribution in [0.4, 0.5) is 4.79 Å². The summed E-state index contributed by atoms with van der Waals surface area (Å²) in [7, 11) is 0. The third-order valence-corrected chi connectivity index (χ3v) is 6.74. The Morgan fingerprint density at radius 1 is 1.11 bits per heavy atom. The van der Waals surface area contributed by atoms with E-state index in [4.69, 9.17) is 4.74 Å². The van der Waals surface area contributed by atoms with Crippen molar-refractivity contribution in [2.75, 3.05) is 6.54 Å². The van der Waals surface area contributed by atoms with Crippen molar-refractivity contribution in [2.45, 2.75) is 64.5 Å². The predicted octanol–water partition coefficient (Wildman–Crippen LogP) is 5.81. The molecular weight excluding hydrogens is 346 g/mol. The fraction of sp³-hybridized carbons (Fsp3) is 0.480. The third-order valence-electron chi connectivity index (χ3n) is 6.74. The van der Waals surface area contributed by atoms with Gasteiger partial charge in [0, 0.05) is 12.6 Å². The molecule has 0 radical (unpaired) electrons. The van der Waals surface area contributed by atoms with Crippen molar-refractivity contribution in [3.05, 3.63) is 59.7 Å². The monoisotopic (exact) mass is 377 g/mol. The number of nitrogens with zero attached hydrogens (tertiary/aromatic N) is 1. The van der Waals surface area contributed by atoms with Gasteiger partial charge in [0.1, 0.15) is 5.60 Å². The van der Waals surface area contributed by atoms with E-state index in [-0.39, 0.29) is 17.6 Å². The van der Waals surface area contributed by atoms with E-state index in [9.17, 15) is 4.79 Å². The summed E-state index contributed by atoms with van der Waals surface area (Å²) in [5, 5.41) is 0. The van der Waals surface area contributed by atoms with Gasteiger partial charge in [-0.05, 0) is 67.2 Å². The standard InChI is InChI=1S/C25H31NO2/c1-17-22-16-20-12-11-19(18-9-7-6-8-10-18)15-21(20)25(17,5)13-14-26(22)23(27)28-24(2,3)4/h6-12,15,17,22H,13-14,16H2,1-5H3/t17-,22?,25-/m1/s1. The van der Waals surface area contributed by atoms with Crippen LogP contribution in [0, 0.1) is 5.92 Å². The van der Waals surface area contributed by atoms with Gasteiger partial charge in [-0.1, -0.05) is 62.4 Å². The van der Waals surface area contributed by atoms with Crippen LogP contribution in [0.5, 0.6) is 0 Å². The second-order valence-corrected chi connectivity index (χ2v) is 9.64. The zero-order valence-electron chi connectivity index (χ0n) is 17.7. The van der Waals surface area contributed by atoms with E-state index in [2.05, 4.69) is 62.4 Å². The zero-order valence-corrected chi connectivity index (χ0v) is 17.7. The van der Waals surface area contributed by atoms with E-state index < -0.39 is 5.60 Å². The number of carbonyl (C=O) groups is 1. The molecule has 0 aromatic heterocycles. The molecule has 1 aliphatic carbocycles. The van der Waals surface area contributed by atoms with Crippen LogP contribution < -0.4 is 0 Å². The van der Waals surface area contributed by atoms with Crippen LogP contribution >= 0.6 is 0 Å². The first-order valence-corrected chi connectivity index (χ1v) is 10.4. The van der Waals surface area contributed by atoms with E-state index in [1.807, 2.05) is 25.7 Å². The van der Waals surface area contributed by atoms with Crippen molar-refractivity contribution in [3.63, 3.8) is 0 Å². The van der Waals surface area contributed by atoms with Crippen molar-refractivity contribution < 1.29 is 9.53 Å². The lowest BCUT2D eigenvalue weighted by atomic mass is 9.59. The summed E-state index contributed by atoms with van der Waals surface area (Å²) in [5.41, 5.74) is 5.00. The van der Waals surface area contributed by atoms with Crippen molar-refractivity contribution >= 4 is 6.09 Å². The van der Waals surface area contributed by atoms with Crippen molar-refractivity contribution in [3.8, 4) is 11.1 Å². The molecule has 148 valence electrons. The lowest BCUT2D eigenvalue weighted by Crippen LogP contribution is -2.60. The Labute approximate surface area is 168 Å². The average molecular weight is 378 g/mol. The first-order chi connectivity index (χ1) is 13.2. The van der Waals surface area contributed by atoms with Crippen LogP contribution in [0.25, 0.3) is 11.1 Å². The van der Waals surface area contributed by atoms with Gasteiger partial charge in [-0.3, -0.25) is 0 Å². The summed E-state index contributed by atoms with van der Waals surface area (Å²) in [6.45, 7) is 11.2. The average Bonchev–Trinajstić information content (AvgIpc) is 2.63. The second-order valence-electron chi connectivity index (χ2n) is 9.64. The Morgan fingerprint density at radius 3 is 2.50 bits per heavy atom. The van der Waals surface area contributed by atoms with Crippen LogP contribution in [-0.4, -0.2) is 29.2 Å². The van der Waals surface area contributed by atoms with Crippen molar-refractivity contribution in [1.82, 2.24) is 4.90 Å². The Balaban J connectivity index is 1.69. The molecule has 1 saturated heterocycles. The van der Waals surface area contributed by atoms with E-state index in [0.29, 0.717) is 5.92 Å². The maximum absolute atomic E-state index is 12.8. The number of rotatable bonds is 1. The molecule has 28 heavy (non-hydrogen) atoms. The lowest BCUT2D eigenvalue weighted by Gasteiger charge is -2.54. The summed E-state index contributed by atoms with van der Waals surface area (Å²) >= 11 is 0. The summed E-state index contributed by atoms with van der Waals surface area (Å²) in [6.07, 6.45) is 1.70. The van der Waals surface area contributed by atoms with Crippen LogP contribution in [0.2, 0.25) is 0 Å². The lowest BCUT2D eigenvalue weighted by molar-refractivity contribution is -0.0164. The zero-order chi connectivity index (χ0) is 20.1. The molecule has 2 aromatic carbocycles. The third kappa shape index (κ3) is 3.21. The Morgan fingerprint density at radius 2 is 1.82 bits per heavy atom. The summed E-state index contributed by atoms with van der Waals surface area (Å²) in [5.74, 6) is 0.396. The number of ether oxygens (including phenoxy) is 1. The molecule has 3 heteroatoms. The van der Waals surface area contributed by atoms with Gasteiger partial charge in [0.25, 0.3) is 0 Å². The largest absolute Gasteiger partial charge is 0.444 e. The summed E-state index contributed by atoms with van der Waals surface area (Å²) in [4.78, 5) is 14.8. The van der Waals surface area contributed by atoms with Gasteiger partial charge in [-0.15, -0.1) is 0 Å². The Kier molecular flexibility index (Phi) is 4.52. The van der Waals surface area contributed by atoms with Crippen LogP contribution in [0.15, 0.2) is 48.5 Å². The minimum absolute atomic E-state index is 0.0849. The molecule has 3 nitrogen and oxygen atoms in total. The molecule has 0 spiro atoms. The molecule has 1 amide bonds. The number of fused-ring (bicyclic) bond motifs is 4. The SMILES string of the molecule is C[C@@H]1C2Cc3ccc(-c4ccccc4)cc3[C@]1(C)CCN2C(=O)OC(C)(C)C. The highest BCUT2D eigenvalue weighted by Gasteiger charge is 2.50. The van der Waals surface area contributed by atoms with Crippen LogP contribution in [0.3, 0.4) is 0 Å². The van der Waals surface area contributed by atoms with E-state index >= 15 is 0 Å². The first kappa shape index (κ1) is 19.0. The topological polar surface area (TPSA) is 29.5 Å². The summed E-state index contributed by atoms with van der Waals surface area (Å²) in [6, 6.07) is 17.7. The molecule has 1 heterocycles. The minimum atomic E-state index is -0.460. The number of carbonyl (C=O) groups excluding carboxylic acids is 1. The smallest absolute Gasteiger partial charge is 0.410 e. The molecule has 4 rings (SSSR count). The first-order valence-electron chi connectivity index (χ1n) is 10.4. The number of hydrogen-bond donors (Lipinski definition) is 0. The number of hydrogen-bond acceptors (Lipinski definition) is 2. The van der Waals surface area contributed by atoms with E-state index in [1.54, 1.807) is 0 Å². The molecule has 0 saturated carbocycles. The quantitative estimate of drug-likeness (QED) is 0.627. The van der Waals surface area contributed by atoms with Gasteiger partial charge in [0.2, 0.25) is 0 Å².